The molecule has 1 aromatic rings. The molecule has 1 saturated heterocycles. The molecule has 3 N–H and O–H groups in total. The lowest BCUT2D eigenvalue weighted by atomic mass is 10.3. The van der Waals surface area contributed by atoms with E-state index in [1.54, 1.807) is 13.0 Å². The molecule has 0 unspecified atom stereocenters. The molecule has 2 rings (SSSR count). The Morgan fingerprint density at radius 2 is 2.22 bits per heavy atom. The van der Waals surface area contributed by atoms with Crippen LogP contribution in [0.5, 0.6) is 0 Å². The summed E-state index contributed by atoms with van der Waals surface area (Å²) < 4.78 is 5.28. The number of ether oxygens (including phenoxy) is 1. The van der Waals surface area contributed by atoms with E-state index in [-0.39, 0.29) is 5.91 Å². The minimum absolute atomic E-state index is 0.0670. The van der Waals surface area contributed by atoms with Crippen LogP contribution in [0.1, 0.15) is 13.3 Å². The molecule has 6 nitrogen and oxygen atoms in total. The Morgan fingerprint density at radius 1 is 1.50 bits per heavy atom. The number of carbonyl (C=O) groups excluding carboxylic acids is 1. The first kappa shape index (κ1) is 12.6. The highest BCUT2D eigenvalue weighted by atomic mass is 16.5. The minimum Gasteiger partial charge on any atom is -0.382 e. The SMILES string of the molecule is CCC(=O)Nc1ccc(N2CCOCC2)nc1N. The molecule has 98 valence electrons. The number of nitrogen functional groups attached to an aromatic ring is 1. The molecule has 0 spiro atoms. The number of rotatable bonds is 3. The van der Waals surface area contributed by atoms with Gasteiger partial charge >= 0.3 is 0 Å². The van der Waals surface area contributed by atoms with Crippen molar-refractivity contribution in [2.24, 2.45) is 0 Å². The van der Waals surface area contributed by atoms with E-state index >= 15 is 0 Å². The van der Waals surface area contributed by atoms with Crippen molar-refractivity contribution in [3.05, 3.63) is 12.1 Å². The van der Waals surface area contributed by atoms with Crippen LogP contribution in [0, 0.1) is 0 Å². The second-order valence-electron chi connectivity index (χ2n) is 4.10. The van der Waals surface area contributed by atoms with Crippen molar-refractivity contribution in [3.63, 3.8) is 0 Å². The van der Waals surface area contributed by atoms with E-state index < -0.39 is 0 Å². The molecule has 0 bridgehead atoms. The predicted octanol–water partition coefficient (Wildman–Crippen LogP) is 0.849. The molecule has 2 heterocycles. The minimum atomic E-state index is -0.0670. The summed E-state index contributed by atoms with van der Waals surface area (Å²) in [7, 11) is 0. The number of nitrogens with two attached hydrogens (primary N) is 1. The zero-order valence-electron chi connectivity index (χ0n) is 10.5. The Labute approximate surface area is 106 Å². The maximum absolute atomic E-state index is 11.3. The predicted molar refractivity (Wildman–Crippen MR) is 70.6 cm³/mol. The van der Waals surface area contributed by atoms with Crippen molar-refractivity contribution in [1.29, 1.82) is 0 Å². The number of carbonyl (C=O) groups is 1. The van der Waals surface area contributed by atoms with Crippen LogP contribution in [0.15, 0.2) is 12.1 Å². The molecule has 18 heavy (non-hydrogen) atoms. The average Bonchev–Trinajstić information content (AvgIpc) is 2.42. The maximum Gasteiger partial charge on any atom is 0.224 e. The van der Waals surface area contributed by atoms with Gasteiger partial charge in [-0.1, -0.05) is 6.92 Å². The number of morpholine rings is 1. The zero-order valence-corrected chi connectivity index (χ0v) is 10.5. The lowest BCUT2D eigenvalue weighted by molar-refractivity contribution is -0.115. The van der Waals surface area contributed by atoms with Crippen molar-refractivity contribution in [1.82, 2.24) is 4.98 Å². The molecule has 0 aromatic carbocycles. The highest BCUT2D eigenvalue weighted by molar-refractivity contribution is 5.93. The van der Waals surface area contributed by atoms with Crippen molar-refractivity contribution in [3.8, 4) is 0 Å². The number of hydrogen-bond acceptors (Lipinski definition) is 5. The first-order valence-electron chi connectivity index (χ1n) is 6.09. The van der Waals surface area contributed by atoms with E-state index in [0.717, 1.165) is 18.9 Å². The third kappa shape index (κ3) is 2.89. The molecule has 0 saturated carbocycles. The Kier molecular flexibility index (Phi) is 3.99. The van der Waals surface area contributed by atoms with Gasteiger partial charge in [0.25, 0.3) is 0 Å². The molecular weight excluding hydrogens is 232 g/mol. The third-order valence-electron chi connectivity index (χ3n) is 2.84. The van der Waals surface area contributed by atoms with E-state index in [9.17, 15) is 4.79 Å². The Bertz CT molecular complexity index is 430. The molecule has 0 aliphatic carbocycles. The molecule has 0 radical (unpaired) electrons. The molecular formula is C12H18N4O2. The van der Waals surface area contributed by atoms with Crippen LogP contribution >= 0.6 is 0 Å². The molecule has 0 atom stereocenters. The van der Waals surface area contributed by atoms with Crippen LogP contribution in [-0.2, 0) is 9.53 Å². The molecule has 6 heteroatoms. The summed E-state index contributed by atoms with van der Waals surface area (Å²) in [5.74, 6) is 1.11. The van der Waals surface area contributed by atoms with Crippen molar-refractivity contribution >= 4 is 23.2 Å². The van der Waals surface area contributed by atoms with Crippen molar-refractivity contribution in [2.75, 3.05) is 42.3 Å². The standard InChI is InChI=1S/C12H18N4O2/c1-2-11(17)14-9-3-4-10(15-12(9)13)16-5-7-18-8-6-16/h3-4H,2,5-8H2,1H3,(H2,13,15)(H,14,17). The van der Waals surface area contributed by atoms with Gasteiger partial charge < -0.3 is 20.7 Å². The normalized spacial score (nSPS) is 15.5. The van der Waals surface area contributed by atoms with E-state index in [0.29, 0.717) is 31.1 Å². The summed E-state index contributed by atoms with van der Waals surface area (Å²) in [6, 6.07) is 3.66. The fourth-order valence-electron chi connectivity index (χ4n) is 1.78. The van der Waals surface area contributed by atoms with Gasteiger partial charge in [-0.2, -0.15) is 0 Å². The summed E-state index contributed by atoms with van der Waals surface area (Å²) in [6.07, 6.45) is 0.421. The van der Waals surface area contributed by atoms with Crippen LogP contribution < -0.4 is 16.0 Å². The van der Waals surface area contributed by atoms with Gasteiger partial charge in [0.2, 0.25) is 5.91 Å². The molecule has 1 aliphatic rings. The highest BCUT2D eigenvalue weighted by Crippen LogP contribution is 2.21. The Hall–Kier alpha value is -1.82. The monoisotopic (exact) mass is 250 g/mol. The molecule has 1 aromatic heterocycles. The van der Waals surface area contributed by atoms with Crippen molar-refractivity contribution in [2.45, 2.75) is 13.3 Å². The Balaban J connectivity index is 2.11. The smallest absolute Gasteiger partial charge is 0.224 e. The fraction of sp³-hybridized carbons (Fsp3) is 0.500. The first-order valence-corrected chi connectivity index (χ1v) is 6.09. The van der Waals surface area contributed by atoms with Crippen LogP contribution in [0.2, 0.25) is 0 Å². The van der Waals surface area contributed by atoms with E-state index in [2.05, 4.69) is 15.2 Å². The van der Waals surface area contributed by atoms with Crippen LogP contribution in [0.4, 0.5) is 17.3 Å². The van der Waals surface area contributed by atoms with Gasteiger partial charge in [0.1, 0.15) is 11.6 Å². The summed E-state index contributed by atoms with van der Waals surface area (Å²) in [4.78, 5) is 17.7. The second kappa shape index (κ2) is 5.68. The van der Waals surface area contributed by atoms with Gasteiger partial charge in [0.05, 0.1) is 18.9 Å². The Morgan fingerprint density at radius 3 is 2.83 bits per heavy atom. The van der Waals surface area contributed by atoms with E-state index in [4.69, 9.17) is 10.5 Å². The van der Waals surface area contributed by atoms with Gasteiger partial charge in [-0.25, -0.2) is 4.98 Å². The van der Waals surface area contributed by atoms with Gasteiger partial charge in [-0.05, 0) is 12.1 Å². The molecule has 1 aliphatic heterocycles. The zero-order chi connectivity index (χ0) is 13.0. The highest BCUT2D eigenvalue weighted by Gasteiger charge is 2.14. The van der Waals surface area contributed by atoms with Gasteiger partial charge in [-0.15, -0.1) is 0 Å². The summed E-state index contributed by atoms with van der Waals surface area (Å²) in [5, 5.41) is 2.72. The number of amides is 1. The van der Waals surface area contributed by atoms with Gasteiger partial charge in [0, 0.05) is 19.5 Å². The third-order valence-corrected chi connectivity index (χ3v) is 2.84. The number of nitrogens with one attached hydrogen (secondary N) is 1. The van der Waals surface area contributed by atoms with Crippen LogP contribution in [0.25, 0.3) is 0 Å². The number of pyridine rings is 1. The van der Waals surface area contributed by atoms with Gasteiger partial charge in [0.15, 0.2) is 0 Å². The lowest BCUT2D eigenvalue weighted by Gasteiger charge is -2.28. The van der Waals surface area contributed by atoms with E-state index in [1.165, 1.54) is 0 Å². The number of hydrogen-bond donors (Lipinski definition) is 2. The second-order valence-corrected chi connectivity index (χ2v) is 4.10. The van der Waals surface area contributed by atoms with Gasteiger partial charge in [-0.3, -0.25) is 4.79 Å². The summed E-state index contributed by atoms with van der Waals surface area (Å²) in [5.41, 5.74) is 6.42. The lowest BCUT2D eigenvalue weighted by Crippen LogP contribution is -2.36. The number of aromatic nitrogens is 1. The van der Waals surface area contributed by atoms with Crippen molar-refractivity contribution < 1.29 is 9.53 Å². The van der Waals surface area contributed by atoms with Crippen LogP contribution in [0.3, 0.4) is 0 Å². The maximum atomic E-state index is 11.3. The van der Waals surface area contributed by atoms with E-state index in [1.807, 2.05) is 6.07 Å². The molecule has 1 amide bonds. The van der Waals surface area contributed by atoms with Crippen LogP contribution in [-0.4, -0.2) is 37.2 Å². The molecule has 1 fully saturated rings. The summed E-state index contributed by atoms with van der Waals surface area (Å²) in [6.45, 7) is 4.83. The first-order chi connectivity index (χ1) is 8.70. The summed E-state index contributed by atoms with van der Waals surface area (Å²) >= 11 is 0. The number of anilines is 3. The number of nitrogens with zero attached hydrogens (tertiary/aromatic N) is 2. The quantitative estimate of drug-likeness (QED) is 0.831. The largest absolute Gasteiger partial charge is 0.382 e. The average molecular weight is 250 g/mol. The fourth-order valence-corrected chi connectivity index (χ4v) is 1.78. The topological polar surface area (TPSA) is 80.5 Å².